The van der Waals surface area contributed by atoms with Crippen molar-refractivity contribution in [3.63, 3.8) is 0 Å². The first-order valence-corrected chi connectivity index (χ1v) is 7.51. The molecular formula is C20H22O. The highest BCUT2D eigenvalue weighted by Gasteiger charge is 2.12. The molecule has 0 spiro atoms. The van der Waals surface area contributed by atoms with Crippen LogP contribution in [0, 0.1) is 19.3 Å². The molecule has 0 saturated carbocycles. The molecule has 1 unspecified atom stereocenters. The largest absolute Gasteiger partial charge is 0.457 e. The van der Waals surface area contributed by atoms with Crippen molar-refractivity contribution in [2.24, 2.45) is 0 Å². The molecule has 0 radical (unpaired) electrons. The Bertz CT molecular complexity index is 607. The van der Waals surface area contributed by atoms with Crippen molar-refractivity contribution in [3.8, 4) is 23.8 Å². The van der Waals surface area contributed by atoms with Crippen molar-refractivity contribution in [2.45, 2.75) is 39.0 Å². The molecule has 0 aromatic heterocycles. The van der Waals surface area contributed by atoms with Crippen molar-refractivity contribution >= 4 is 0 Å². The molecule has 2 aromatic rings. The van der Waals surface area contributed by atoms with Crippen LogP contribution < -0.4 is 4.74 Å². The third kappa shape index (κ3) is 4.13. The molecule has 0 saturated heterocycles. The zero-order valence-corrected chi connectivity index (χ0v) is 12.8. The van der Waals surface area contributed by atoms with Gasteiger partial charge in [0, 0.05) is 6.42 Å². The average Bonchev–Trinajstić information content (AvgIpc) is 2.48. The Labute approximate surface area is 128 Å². The second-order valence-corrected chi connectivity index (χ2v) is 5.33. The van der Waals surface area contributed by atoms with Gasteiger partial charge in [0.15, 0.2) is 0 Å². The first-order chi connectivity index (χ1) is 10.2. The Balaban J connectivity index is 2.18. The first kappa shape index (κ1) is 15.2. The number of hydrogen-bond donors (Lipinski definition) is 0. The standard InChI is InChI=1S/C20H22O/c1-4-9-17(10-5-2)20-14-13-19(15-16(20)3)21-18-11-7-6-8-12-18/h1,6-8,11-15,17H,5,9-10H2,2-3H3. The predicted molar refractivity (Wildman–Crippen MR) is 88.8 cm³/mol. The second-order valence-electron chi connectivity index (χ2n) is 5.33. The first-order valence-electron chi connectivity index (χ1n) is 7.51. The summed E-state index contributed by atoms with van der Waals surface area (Å²) in [4.78, 5) is 0. The zero-order valence-electron chi connectivity index (χ0n) is 12.8. The Morgan fingerprint density at radius 1 is 1.10 bits per heavy atom. The van der Waals surface area contributed by atoms with Gasteiger partial charge in [-0.15, -0.1) is 12.3 Å². The van der Waals surface area contributed by atoms with Crippen LogP contribution in [0.25, 0.3) is 0 Å². The third-order valence-corrected chi connectivity index (χ3v) is 3.66. The van der Waals surface area contributed by atoms with Crippen molar-refractivity contribution < 1.29 is 4.74 Å². The van der Waals surface area contributed by atoms with Gasteiger partial charge in [-0.3, -0.25) is 0 Å². The monoisotopic (exact) mass is 278 g/mol. The minimum atomic E-state index is 0.450. The minimum absolute atomic E-state index is 0.450. The molecule has 108 valence electrons. The molecule has 0 fully saturated rings. The number of para-hydroxylation sites is 1. The molecule has 2 aromatic carbocycles. The number of benzene rings is 2. The van der Waals surface area contributed by atoms with Crippen LogP contribution in [0.15, 0.2) is 48.5 Å². The van der Waals surface area contributed by atoms with E-state index in [0.29, 0.717) is 5.92 Å². The molecule has 0 amide bonds. The number of terminal acetylenes is 1. The Hall–Kier alpha value is -2.20. The van der Waals surface area contributed by atoms with Gasteiger partial charge < -0.3 is 4.74 Å². The average molecular weight is 278 g/mol. The van der Waals surface area contributed by atoms with E-state index in [1.807, 2.05) is 36.4 Å². The lowest BCUT2D eigenvalue weighted by molar-refractivity contribution is 0.481. The molecule has 0 aliphatic rings. The molecule has 1 atom stereocenters. The van der Waals surface area contributed by atoms with Gasteiger partial charge in [-0.25, -0.2) is 0 Å². The van der Waals surface area contributed by atoms with Crippen LogP contribution in [0.5, 0.6) is 11.5 Å². The lowest BCUT2D eigenvalue weighted by atomic mass is 9.88. The van der Waals surface area contributed by atoms with Gasteiger partial charge in [0.05, 0.1) is 0 Å². The molecule has 0 aliphatic carbocycles. The van der Waals surface area contributed by atoms with Gasteiger partial charge in [-0.1, -0.05) is 37.6 Å². The van der Waals surface area contributed by atoms with Crippen LogP contribution in [-0.2, 0) is 0 Å². The van der Waals surface area contributed by atoms with Crippen molar-refractivity contribution in [1.82, 2.24) is 0 Å². The molecule has 21 heavy (non-hydrogen) atoms. The summed E-state index contributed by atoms with van der Waals surface area (Å²) in [6, 6.07) is 16.1. The quantitative estimate of drug-likeness (QED) is 0.616. The lowest BCUT2D eigenvalue weighted by Crippen LogP contribution is -2.00. The van der Waals surface area contributed by atoms with Crippen LogP contribution in [0.3, 0.4) is 0 Å². The van der Waals surface area contributed by atoms with E-state index in [1.54, 1.807) is 0 Å². The molecule has 1 nitrogen and oxygen atoms in total. The van der Waals surface area contributed by atoms with Crippen LogP contribution in [-0.4, -0.2) is 0 Å². The Morgan fingerprint density at radius 2 is 1.86 bits per heavy atom. The van der Waals surface area contributed by atoms with E-state index in [4.69, 9.17) is 11.2 Å². The Morgan fingerprint density at radius 3 is 2.48 bits per heavy atom. The maximum atomic E-state index is 5.87. The molecule has 0 heterocycles. The van der Waals surface area contributed by atoms with Crippen LogP contribution in [0.2, 0.25) is 0 Å². The SMILES string of the molecule is C#CCC(CCC)c1ccc(Oc2ccccc2)cc1C. The molecule has 1 heteroatoms. The van der Waals surface area contributed by atoms with E-state index in [2.05, 4.69) is 31.9 Å². The van der Waals surface area contributed by atoms with Gasteiger partial charge in [0.25, 0.3) is 0 Å². The second kappa shape index (κ2) is 7.55. The Kier molecular flexibility index (Phi) is 5.46. The fraction of sp³-hybridized carbons (Fsp3) is 0.300. The summed E-state index contributed by atoms with van der Waals surface area (Å²) < 4.78 is 5.87. The van der Waals surface area contributed by atoms with Gasteiger partial charge in [0.2, 0.25) is 0 Å². The highest BCUT2D eigenvalue weighted by atomic mass is 16.5. The highest BCUT2D eigenvalue weighted by molar-refractivity contribution is 5.39. The number of rotatable bonds is 6. The number of hydrogen-bond acceptors (Lipinski definition) is 1. The van der Waals surface area contributed by atoms with E-state index in [9.17, 15) is 0 Å². The van der Waals surface area contributed by atoms with Gasteiger partial charge in [0.1, 0.15) is 11.5 Å². The third-order valence-electron chi connectivity index (χ3n) is 3.66. The fourth-order valence-electron chi connectivity index (χ4n) is 2.65. The van der Waals surface area contributed by atoms with Crippen molar-refractivity contribution in [3.05, 3.63) is 59.7 Å². The molecule has 0 bridgehead atoms. The van der Waals surface area contributed by atoms with Gasteiger partial charge >= 0.3 is 0 Å². The topological polar surface area (TPSA) is 9.23 Å². The molecule has 0 N–H and O–H groups in total. The van der Waals surface area contributed by atoms with E-state index in [1.165, 1.54) is 11.1 Å². The molecular weight excluding hydrogens is 256 g/mol. The van der Waals surface area contributed by atoms with Crippen LogP contribution in [0.4, 0.5) is 0 Å². The number of aryl methyl sites for hydroxylation is 1. The van der Waals surface area contributed by atoms with Gasteiger partial charge in [-0.2, -0.15) is 0 Å². The predicted octanol–water partition coefficient (Wildman–Crippen LogP) is 5.69. The summed E-state index contributed by atoms with van der Waals surface area (Å²) in [5.41, 5.74) is 2.59. The highest BCUT2D eigenvalue weighted by Crippen LogP contribution is 2.31. The normalized spacial score (nSPS) is 11.7. The number of ether oxygens (including phenoxy) is 1. The van der Waals surface area contributed by atoms with E-state index in [-0.39, 0.29) is 0 Å². The zero-order chi connectivity index (χ0) is 15.1. The maximum absolute atomic E-state index is 5.87. The lowest BCUT2D eigenvalue weighted by Gasteiger charge is -2.17. The summed E-state index contributed by atoms with van der Waals surface area (Å²) in [5.74, 6) is 4.98. The molecule has 2 rings (SSSR count). The maximum Gasteiger partial charge on any atom is 0.127 e. The fourth-order valence-corrected chi connectivity index (χ4v) is 2.65. The molecule has 0 aliphatic heterocycles. The van der Waals surface area contributed by atoms with E-state index >= 15 is 0 Å². The van der Waals surface area contributed by atoms with Crippen molar-refractivity contribution in [2.75, 3.05) is 0 Å². The minimum Gasteiger partial charge on any atom is -0.457 e. The summed E-state index contributed by atoms with van der Waals surface area (Å²) in [6.45, 7) is 4.33. The van der Waals surface area contributed by atoms with Crippen molar-refractivity contribution in [1.29, 1.82) is 0 Å². The summed E-state index contributed by atoms with van der Waals surface area (Å²) in [7, 11) is 0. The summed E-state index contributed by atoms with van der Waals surface area (Å²) >= 11 is 0. The van der Waals surface area contributed by atoms with Gasteiger partial charge in [-0.05, 0) is 54.7 Å². The smallest absolute Gasteiger partial charge is 0.127 e. The van der Waals surface area contributed by atoms with Crippen LogP contribution >= 0.6 is 0 Å². The van der Waals surface area contributed by atoms with E-state index in [0.717, 1.165) is 30.8 Å². The summed E-state index contributed by atoms with van der Waals surface area (Å²) in [6.07, 6.45) is 8.58. The summed E-state index contributed by atoms with van der Waals surface area (Å²) in [5, 5.41) is 0. The van der Waals surface area contributed by atoms with Crippen LogP contribution in [0.1, 0.15) is 43.2 Å². The van der Waals surface area contributed by atoms with E-state index < -0.39 is 0 Å².